The quantitative estimate of drug-likeness (QED) is 0.872. The van der Waals surface area contributed by atoms with Crippen LogP contribution in [0.3, 0.4) is 0 Å². The first kappa shape index (κ1) is 12.9. The first-order valence-electron chi connectivity index (χ1n) is 4.71. The van der Waals surface area contributed by atoms with Gasteiger partial charge in [-0.25, -0.2) is 4.98 Å². The van der Waals surface area contributed by atoms with Crippen molar-refractivity contribution in [2.75, 3.05) is 18.1 Å². The van der Waals surface area contributed by atoms with E-state index in [1.54, 1.807) is 12.3 Å². The molecule has 1 atom stereocenters. The van der Waals surface area contributed by atoms with E-state index >= 15 is 0 Å². The fraction of sp³-hybridized carbons (Fsp3) is 0.500. The van der Waals surface area contributed by atoms with E-state index < -0.39 is 0 Å². The molecule has 0 radical (unpaired) electrons. The number of rotatable bonds is 5. The van der Waals surface area contributed by atoms with Crippen molar-refractivity contribution in [3.8, 4) is 0 Å². The average molecular weight is 265 g/mol. The third-order valence-corrected chi connectivity index (χ3v) is 3.59. The molecular formula is C10H14Cl2N2S. The number of halogens is 2. The van der Waals surface area contributed by atoms with E-state index in [1.807, 2.05) is 11.8 Å². The summed E-state index contributed by atoms with van der Waals surface area (Å²) in [7, 11) is 0. The average Bonchev–Trinajstić information content (AvgIpc) is 2.21. The van der Waals surface area contributed by atoms with E-state index in [9.17, 15) is 0 Å². The Kier molecular flexibility index (Phi) is 5.58. The fourth-order valence-corrected chi connectivity index (χ4v) is 1.86. The van der Waals surface area contributed by atoms with Gasteiger partial charge in [0.1, 0.15) is 5.82 Å². The second-order valence-corrected chi connectivity index (χ2v) is 5.37. The molecule has 1 unspecified atom stereocenters. The molecule has 15 heavy (non-hydrogen) atoms. The highest BCUT2D eigenvalue weighted by molar-refractivity contribution is 7.99. The molecule has 1 N–H and O–H groups in total. The summed E-state index contributed by atoms with van der Waals surface area (Å²) < 4.78 is 0. The number of pyridine rings is 1. The van der Waals surface area contributed by atoms with Crippen molar-refractivity contribution in [3.63, 3.8) is 0 Å². The first-order chi connectivity index (χ1) is 7.13. The lowest BCUT2D eigenvalue weighted by Gasteiger charge is -2.10. The van der Waals surface area contributed by atoms with Crippen LogP contribution in [0.2, 0.25) is 10.0 Å². The zero-order chi connectivity index (χ0) is 11.3. The van der Waals surface area contributed by atoms with Crippen molar-refractivity contribution in [3.05, 3.63) is 22.3 Å². The third kappa shape index (κ3) is 4.49. The van der Waals surface area contributed by atoms with E-state index in [-0.39, 0.29) is 0 Å². The van der Waals surface area contributed by atoms with Crippen LogP contribution in [-0.4, -0.2) is 23.0 Å². The number of aromatic nitrogens is 1. The van der Waals surface area contributed by atoms with Gasteiger partial charge in [-0.05, 0) is 18.7 Å². The molecule has 1 aromatic rings. The summed E-state index contributed by atoms with van der Waals surface area (Å²) >= 11 is 13.6. The Morgan fingerprint density at radius 3 is 2.87 bits per heavy atom. The first-order valence-corrected chi connectivity index (χ1v) is 6.75. The summed E-state index contributed by atoms with van der Waals surface area (Å²) in [5.41, 5.74) is 0. The van der Waals surface area contributed by atoms with Crippen LogP contribution < -0.4 is 5.32 Å². The fourth-order valence-electron chi connectivity index (χ4n) is 1.06. The summed E-state index contributed by atoms with van der Waals surface area (Å²) in [5.74, 6) is 0.703. The van der Waals surface area contributed by atoms with E-state index in [1.165, 1.54) is 0 Å². The summed E-state index contributed by atoms with van der Waals surface area (Å²) in [6, 6.07) is 1.69. The highest BCUT2D eigenvalue weighted by Gasteiger charge is 2.03. The van der Waals surface area contributed by atoms with Crippen LogP contribution in [0.4, 0.5) is 5.82 Å². The van der Waals surface area contributed by atoms with Crippen molar-refractivity contribution in [2.24, 2.45) is 0 Å². The Labute approximate surface area is 105 Å². The van der Waals surface area contributed by atoms with Gasteiger partial charge in [0, 0.05) is 18.0 Å². The van der Waals surface area contributed by atoms with Crippen LogP contribution in [0.1, 0.15) is 13.3 Å². The molecule has 0 bridgehead atoms. The summed E-state index contributed by atoms with van der Waals surface area (Å²) in [6.45, 7) is 3.07. The highest BCUT2D eigenvalue weighted by atomic mass is 35.5. The molecule has 0 amide bonds. The molecule has 0 aromatic carbocycles. The van der Waals surface area contributed by atoms with Gasteiger partial charge in [-0.1, -0.05) is 30.1 Å². The Morgan fingerprint density at radius 2 is 2.27 bits per heavy atom. The van der Waals surface area contributed by atoms with Gasteiger partial charge in [-0.2, -0.15) is 11.8 Å². The van der Waals surface area contributed by atoms with Gasteiger partial charge in [-0.3, -0.25) is 0 Å². The van der Waals surface area contributed by atoms with E-state index in [0.717, 1.165) is 13.0 Å². The van der Waals surface area contributed by atoms with Gasteiger partial charge in [0.15, 0.2) is 0 Å². The maximum absolute atomic E-state index is 5.96. The second-order valence-electron chi connectivity index (χ2n) is 3.25. The van der Waals surface area contributed by atoms with Crippen LogP contribution in [0.25, 0.3) is 0 Å². The van der Waals surface area contributed by atoms with Gasteiger partial charge in [0.25, 0.3) is 0 Å². The van der Waals surface area contributed by atoms with Crippen molar-refractivity contribution in [1.29, 1.82) is 0 Å². The van der Waals surface area contributed by atoms with E-state index in [4.69, 9.17) is 23.2 Å². The van der Waals surface area contributed by atoms with Crippen molar-refractivity contribution < 1.29 is 0 Å². The Hall–Kier alpha value is -0.120. The molecule has 0 fully saturated rings. The molecule has 0 saturated carbocycles. The molecule has 0 saturated heterocycles. The molecule has 1 aromatic heterocycles. The minimum atomic E-state index is 0.558. The minimum absolute atomic E-state index is 0.558. The molecule has 0 aliphatic rings. The van der Waals surface area contributed by atoms with Crippen LogP contribution in [0.5, 0.6) is 0 Å². The number of thioether (sulfide) groups is 1. The highest BCUT2D eigenvalue weighted by Crippen LogP contribution is 2.22. The Bertz CT molecular complexity index is 320. The number of anilines is 1. The van der Waals surface area contributed by atoms with Crippen LogP contribution in [0, 0.1) is 0 Å². The normalized spacial score (nSPS) is 12.5. The SMILES string of the molecule is CSC(C)CCNc1ncc(Cl)cc1Cl. The summed E-state index contributed by atoms with van der Waals surface area (Å²) in [6.07, 6.45) is 4.79. The van der Waals surface area contributed by atoms with E-state index in [0.29, 0.717) is 21.1 Å². The van der Waals surface area contributed by atoms with Crippen LogP contribution >= 0.6 is 35.0 Å². The number of hydrogen-bond donors (Lipinski definition) is 1. The predicted molar refractivity (Wildman–Crippen MR) is 70.3 cm³/mol. The lowest BCUT2D eigenvalue weighted by molar-refractivity contribution is 0.850. The van der Waals surface area contributed by atoms with Crippen LogP contribution in [0.15, 0.2) is 12.3 Å². The molecule has 1 heterocycles. The number of nitrogens with zero attached hydrogens (tertiary/aromatic N) is 1. The van der Waals surface area contributed by atoms with Gasteiger partial charge in [-0.15, -0.1) is 0 Å². The zero-order valence-corrected chi connectivity index (χ0v) is 11.1. The van der Waals surface area contributed by atoms with Crippen molar-refractivity contribution in [1.82, 2.24) is 4.98 Å². The molecule has 0 spiro atoms. The van der Waals surface area contributed by atoms with E-state index in [2.05, 4.69) is 23.5 Å². The standard InChI is InChI=1S/C10H14Cl2N2S/c1-7(15-2)3-4-13-10-9(12)5-8(11)6-14-10/h5-7H,3-4H2,1-2H3,(H,13,14). The molecular weight excluding hydrogens is 251 g/mol. The van der Waals surface area contributed by atoms with Crippen molar-refractivity contribution >= 4 is 40.8 Å². The Morgan fingerprint density at radius 1 is 1.53 bits per heavy atom. The summed E-state index contributed by atoms with van der Waals surface area (Å²) in [5, 5.41) is 4.96. The van der Waals surface area contributed by atoms with Gasteiger partial charge < -0.3 is 5.32 Å². The molecule has 84 valence electrons. The lowest BCUT2D eigenvalue weighted by Crippen LogP contribution is -2.08. The maximum atomic E-state index is 5.96. The van der Waals surface area contributed by atoms with Gasteiger partial charge >= 0.3 is 0 Å². The van der Waals surface area contributed by atoms with Gasteiger partial charge in [0.05, 0.1) is 10.0 Å². The monoisotopic (exact) mass is 264 g/mol. The van der Waals surface area contributed by atoms with Gasteiger partial charge in [0.2, 0.25) is 0 Å². The topological polar surface area (TPSA) is 24.9 Å². The molecule has 1 rings (SSSR count). The minimum Gasteiger partial charge on any atom is -0.369 e. The van der Waals surface area contributed by atoms with Crippen molar-refractivity contribution in [2.45, 2.75) is 18.6 Å². The zero-order valence-electron chi connectivity index (χ0n) is 8.76. The molecule has 0 aliphatic heterocycles. The molecule has 5 heteroatoms. The number of hydrogen-bond acceptors (Lipinski definition) is 3. The largest absolute Gasteiger partial charge is 0.369 e. The molecule has 0 aliphatic carbocycles. The second kappa shape index (κ2) is 6.46. The van der Waals surface area contributed by atoms with Crippen LogP contribution in [-0.2, 0) is 0 Å². The third-order valence-electron chi connectivity index (χ3n) is 2.05. The maximum Gasteiger partial charge on any atom is 0.144 e. The smallest absolute Gasteiger partial charge is 0.144 e. The predicted octanol–water partition coefficient (Wildman–Crippen LogP) is 3.94. The Balaban J connectivity index is 2.44. The lowest BCUT2D eigenvalue weighted by atomic mass is 10.3. The summed E-state index contributed by atoms with van der Waals surface area (Å²) in [4.78, 5) is 4.12. The number of nitrogens with one attached hydrogen (secondary N) is 1. The molecule has 2 nitrogen and oxygen atoms in total.